The molecule has 3 nitrogen and oxygen atoms in total. The zero-order valence-electron chi connectivity index (χ0n) is 6.76. The van der Waals surface area contributed by atoms with Crippen molar-refractivity contribution in [3.05, 3.63) is 23.7 Å². The smallest absolute Gasteiger partial charge is 0.118 e. The molecule has 11 heavy (non-hydrogen) atoms. The zero-order valence-corrected chi connectivity index (χ0v) is 6.76. The van der Waals surface area contributed by atoms with Gasteiger partial charge in [0.1, 0.15) is 11.5 Å². The largest absolute Gasteiger partial charge is 0.463 e. The Labute approximate surface area is 66.6 Å². The lowest BCUT2D eigenvalue weighted by Crippen LogP contribution is -2.10. The van der Waals surface area contributed by atoms with Crippen molar-refractivity contribution >= 4 is 0 Å². The Kier molecular flexibility index (Phi) is 3.14. The third-order valence-electron chi connectivity index (χ3n) is 1.47. The van der Waals surface area contributed by atoms with E-state index >= 15 is 0 Å². The van der Waals surface area contributed by atoms with E-state index in [4.69, 9.17) is 10.2 Å². The number of hydrogen-bond donors (Lipinski definition) is 2. The van der Waals surface area contributed by atoms with Crippen LogP contribution in [0.15, 0.2) is 16.5 Å². The quantitative estimate of drug-likeness (QED) is 0.676. The van der Waals surface area contributed by atoms with Crippen LogP contribution in [-0.4, -0.2) is 6.54 Å². The maximum absolute atomic E-state index is 5.38. The van der Waals surface area contributed by atoms with Crippen molar-refractivity contribution in [3.63, 3.8) is 0 Å². The zero-order chi connectivity index (χ0) is 8.10. The fraction of sp³-hybridized carbons (Fsp3) is 0.500. The van der Waals surface area contributed by atoms with E-state index in [0.717, 1.165) is 24.6 Å². The van der Waals surface area contributed by atoms with Crippen molar-refractivity contribution in [1.29, 1.82) is 0 Å². The summed E-state index contributed by atoms with van der Waals surface area (Å²) in [6.07, 6.45) is 0. The standard InChI is InChI=1S/C8H14N2O/c1-2-10-6-8-4-3-7(5-9)11-8/h3-4,10H,2,5-6,9H2,1H3. The molecule has 0 aromatic carbocycles. The minimum atomic E-state index is 0.478. The Hall–Kier alpha value is -0.800. The summed E-state index contributed by atoms with van der Waals surface area (Å²) in [6.45, 7) is 4.29. The fourth-order valence-electron chi connectivity index (χ4n) is 0.875. The number of nitrogens with one attached hydrogen (secondary N) is 1. The van der Waals surface area contributed by atoms with Crippen LogP contribution in [0.5, 0.6) is 0 Å². The average Bonchev–Trinajstić information content (AvgIpc) is 2.48. The van der Waals surface area contributed by atoms with Gasteiger partial charge in [0.15, 0.2) is 0 Å². The molecule has 0 fully saturated rings. The van der Waals surface area contributed by atoms with Crippen molar-refractivity contribution < 1.29 is 4.42 Å². The van der Waals surface area contributed by atoms with Gasteiger partial charge in [0.2, 0.25) is 0 Å². The molecule has 0 aliphatic carbocycles. The molecule has 1 aromatic rings. The first-order chi connectivity index (χ1) is 5.36. The van der Waals surface area contributed by atoms with Crippen LogP contribution in [0.2, 0.25) is 0 Å². The second-order valence-electron chi connectivity index (χ2n) is 2.35. The van der Waals surface area contributed by atoms with Crippen molar-refractivity contribution in [2.45, 2.75) is 20.0 Å². The third-order valence-corrected chi connectivity index (χ3v) is 1.47. The van der Waals surface area contributed by atoms with Gasteiger partial charge in [0.25, 0.3) is 0 Å². The normalized spacial score (nSPS) is 10.4. The molecule has 1 heterocycles. The van der Waals surface area contributed by atoms with Crippen LogP contribution in [0.25, 0.3) is 0 Å². The maximum Gasteiger partial charge on any atom is 0.118 e. The monoisotopic (exact) mass is 154 g/mol. The van der Waals surface area contributed by atoms with Crippen LogP contribution in [-0.2, 0) is 13.1 Å². The molecule has 0 aliphatic heterocycles. The van der Waals surface area contributed by atoms with E-state index in [0.29, 0.717) is 6.54 Å². The average molecular weight is 154 g/mol. The molecule has 0 amide bonds. The second-order valence-corrected chi connectivity index (χ2v) is 2.35. The van der Waals surface area contributed by atoms with E-state index < -0.39 is 0 Å². The minimum Gasteiger partial charge on any atom is -0.463 e. The molecule has 0 bridgehead atoms. The predicted octanol–water partition coefficient (Wildman–Crippen LogP) is 0.848. The number of nitrogens with two attached hydrogens (primary N) is 1. The molecule has 62 valence electrons. The van der Waals surface area contributed by atoms with Gasteiger partial charge in [-0.05, 0) is 18.7 Å². The van der Waals surface area contributed by atoms with Gasteiger partial charge in [-0.1, -0.05) is 6.92 Å². The predicted molar refractivity (Wildman–Crippen MR) is 44.0 cm³/mol. The Morgan fingerprint density at radius 2 is 2.18 bits per heavy atom. The molecule has 3 N–H and O–H groups in total. The van der Waals surface area contributed by atoms with E-state index in [-0.39, 0.29) is 0 Å². The van der Waals surface area contributed by atoms with Crippen LogP contribution in [0, 0.1) is 0 Å². The Morgan fingerprint density at radius 3 is 2.73 bits per heavy atom. The maximum atomic E-state index is 5.38. The van der Waals surface area contributed by atoms with E-state index in [1.54, 1.807) is 0 Å². The summed E-state index contributed by atoms with van der Waals surface area (Å²) >= 11 is 0. The van der Waals surface area contributed by atoms with E-state index in [1.807, 2.05) is 12.1 Å². The second kappa shape index (κ2) is 4.16. The summed E-state index contributed by atoms with van der Waals surface area (Å²) in [5, 5.41) is 3.17. The molecule has 0 radical (unpaired) electrons. The Morgan fingerprint density at radius 1 is 1.45 bits per heavy atom. The summed E-state index contributed by atoms with van der Waals surface area (Å²) in [4.78, 5) is 0. The third kappa shape index (κ3) is 2.37. The lowest BCUT2D eigenvalue weighted by molar-refractivity contribution is 0.451. The summed E-state index contributed by atoms with van der Waals surface area (Å²) < 4.78 is 5.35. The fourth-order valence-corrected chi connectivity index (χ4v) is 0.875. The van der Waals surface area contributed by atoms with Gasteiger partial charge in [-0.25, -0.2) is 0 Å². The molecule has 0 saturated carbocycles. The Balaban J connectivity index is 2.44. The lowest BCUT2D eigenvalue weighted by Gasteiger charge is -1.95. The highest BCUT2D eigenvalue weighted by molar-refractivity contribution is 5.06. The molecule has 1 aromatic heterocycles. The van der Waals surface area contributed by atoms with Crippen molar-refractivity contribution in [2.75, 3.05) is 6.54 Å². The molecule has 1 rings (SSSR count). The highest BCUT2D eigenvalue weighted by Gasteiger charge is 1.97. The molecular formula is C8H14N2O. The van der Waals surface area contributed by atoms with Crippen molar-refractivity contribution in [3.8, 4) is 0 Å². The van der Waals surface area contributed by atoms with Gasteiger partial charge in [0.05, 0.1) is 13.1 Å². The van der Waals surface area contributed by atoms with E-state index in [9.17, 15) is 0 Å². The van der Waals surface area contributed by atoms with Crippen molar-refractivity contribution in [2.24, 2.45) is 5.73 Å². The summed E-state index contributed by atoms with van der Waals surface area (Å²) in [6, 6.07) is 3.86. The number of hydrogen-bond acceptors (Lipinski definition) is 3. The van der Waals surface area contributed by atoms with Crippen LogP contribution < -0.4 is 11.1 Å². The molecule has 3 heteroatoms. The summed E-state index contributed by atoms with van der Waals surface area (Å²) in [5.41, 5.74) is 5.38. The first-order valence-electron chi connectivity index (χ1n) is 3.85. The van der Waals surface area contributed by atoms with E-state index in [2.05, 4.69) is 12.2 Å². The van der Waals surface area contributed by atoms with Crippen LogP contribution in [0.4, 0.5) is 0 Å². The minimum absolute atomic E-state index is 0.478. The van der Waals surface area contributed by atoms with Gasteiger partial charge in [-0.3, -0.25) is 0 Å². The van der Waals surface area contributed by atoms with Crippen molar-refractivity contribution in [1.82, 2.24) is 5.32 Å². The molecule has 0 atom stereocenters. The highest BCUT2D eigenvalue weighted by atomic mass is 16.3. The molecular weight excluding hydrogens is 140 g/mol. The van der Waals surface area contributed by atoms with Gasteiger partial charge in [0, 0.05) is 0 Å². The first kappa shape index (κ1) is 8.30. The number of rotatable bonds is 4. The molecule has 0 spiro atoms. The molecule has 0 saturated heterocycles. The molecule has 0 unspecified atom stereocenters. The highest BCUT2D eigenvalue weighted by Crippen LogP contribution is 2.05. The topological polar surface area (TPSA) is 51.2 Å². The van der Waals surface area contributed by atoms with Gasteiger partial charge in [-0.2, -0.15) is 0 Å². The lowest BCUT2D eigenvalue weighted by atomic mass is 10.4. The first-order valence-corrected chi connectivity index (χ1v) is 3.85. The summed E-state index contributed by atoms with van der Waals surface area (Å²) in [5.74, 6) is 1.80. The van der Waals surface area contributed by atoms with E-state index in [1.165, 1.54) is 0 Å². The Bertz CT molecular complexity index is 208. The van der Waals surface area contributed by atoms with Crippen LogP contribution in [0.1, 0.15) is 18.4 Å². The van der Waals surface area contributed by atoms with Gasteiger partial charge < -0.3 is 15.5 Å². The van der Waals surface area contributed by atoms with Crippen LogP contribution >= 0.6 is 0 Å². The SMILES string of the molecule is CCNCc1ccc(CN)o1. The van der Waals surface area contributed by atoms with Gasteiger partial charge >= 0.3 is 0 Å². The summed E-state index contributed by atoms with van der Waals surface area (Å²) in [7, 11) is 0. The number of furan rings is 1. The molecule has 0 aliphatic rings. The van der Waals surface area contributed by atoms with Gasteiger partial charge in [-0.15, -0.1) is 0 Å². The van der Waals surface area contributed by atoms with Crippen LogP contribution in [0.3, 0.4) is 0 Å².